The minimum Gasteiger partial charge on any atom is -0.493 e. The number of benzene rings is 2. The summed E-state index contributed by atoms with van der Waals surface area (Å²) in [4.78, 5) is 17.4. The zero-order valence-electron chi connectivity index (χ0n) is 18.2. The van der Waals surface area contributed by atoms with Crippen molar-refractivity contribution in [2.24, 2.45) is 4.99 Å². The van der Waals surface area contributed by atoms with Gasteiger partial charge in [0.1, 0.15) is 0 Å². The first-order chi connectivity index (χ1) is 15.4. The Hall–Kier alpha value is -2.30. The van der Waals surface area contributed by atoms with E-state index in [1.54, 1.807) is 50.2 Å². The number of rotatable bonds is 10. The molecule has 0 fully saturated rings. The minimum absolute atomic E-state index is 0.0860. The van der Waals surface area contributed by atoms with Crippen molar-refractivity contribution in [3.63, 3.8) is 0 Å². The molecule has 0 aliphatic heterocycles. The third kappa shape index (κ3) is 6.14. The van der Waals surface area contributed by atoms with Gasteiger partial charge in [0.05, 0.1) is 35.9 Å². The van der Waals surface area contributed by atoms with Crippen LogP contribution in [0.3, 0.4) is 0 Å². The summed E-state index contributed by atoms with van der Waals surface area (Å²) in [6.07, 6.45) is 1.86. The second kappa shape index (κ2) is 11.0. The second-order valence-corrected chi connectivity index (χ2v) is 11.2. The van der Waals surface area contributed by atoms with E-state index < -0.39 is 15.7 Å². The van der Waals surface area contributed by atoms with Gasteiger partial charge in [-0.3, -0.25) is 4.79 Å². The first-order valence-corrected chi connectivity index (χ1v) is 14.0. The molecular weight excluding hydrogens is 468 g/mol. The Morgan fingerprint density at radius 3 is 2.47 bits per heavy atom. The topological polar surface area (TPSA) is 87.0 Å². The summed E-state index contributed by atoms with van der Waals surface area (Å²) in [5.41, 5.74) is 1.60. The Balaban J connectivity index is 1.86. The van der Waals surface area contributed by atoms with E-state index in [1.165, 1.54) is 11.3 Å². The molecule has 1 amide bonds. The average Bonchev–Trinajstić information content (AvgIpc) is 3.11. The lowest BCUT2D eigenvalue weighted by Crippen LogP contribution is -2.19. The number of carbonyl (C=O) groups excluding carboxylic acids is 1. The predicted octanol–water partition coefficient (Wildman–Crippen LogP) is 3.52. The van der Waals surface area contributed by atoms with Crippen molar-refractivity contribution in [3.8, 4) is 11.5 Å². The van der Waals surface area contributed by atoms with Gasteiger partial charge >= 0.3 is 0 Å². The van der Waals surface area contributed by atoms with Crippen molar-refractivity contribution >= 4 is 49.1 Å². The number of sulfone groups is 1. The van der Waals surface area contributed by atoms with Crippen molar-refractivity contribution in [3.05, 3.63) is 52.8 Å². The van der Waals surface area contributed by atoms with E-state index in [-0.39, 0.29) is 17.9 Å². The number of nitrogens with zero attached hydrogens (tertiary/aromatic N) is 2. The highest BCUT2D eigenvalue weighted by Gasteiger charge is 2.16. The van der Waals surface area contributed by atoms with Gasteiger partial charge in [0, 0.05) is 30.9 Å². The van der Waals surface area contributed by atoms with Crippen LogP contribution in [0.25, 0.3) is 10.2 Å². The maximum Gasteiger partial charge on any atom is 0.249 e. The molecule has 7 nitrogen and oxygen atoms in total. The fraction of sp³-hybridized carbons (Fsp3) is 0.364. The quantitative estimate of drug-likeness (QED) is 0.429. The number of thioether (sulfide) groups is 1. The molecule has 0 bridgehead atoms. The number of aryl methyl sites for hydroxylation is 1. The molecule has 3 rings (SSSR count). The summed E-state index contributed by atoms with van der Waals surface area (Å²) in [6, 6.07) is 12.7. The maximum atomic E-state index is 12.6. The highest BCUT2D eigenvalue weighted by atomic mass is 32.2. The molecule has 1 heterocycles. The number of hydrogen-bond acceptors (Lipinski definition) is 7. The van der Waals surface area contributed by atoms with Crippen LogP contribution in [-0.2, 0) is 26.9 Å². The molecule has 3 aromatic rings. The van der Waals surface area contributed by atoms with E-state index in [4.69, 9.17) is 9.47 Å². The molecule has 0 saturated carbocycles. The Morgan fingerprint density at radius 1 is 1.12 bits per heavy atom. The third-order valence-corrected chi connectivity index (χ3v) is 8.02. The van der Waals surface area contributed by atoms with E-state index in [1.807, 2.05) is 29.0 Å². The van der Waals surface area contributed by atoms with E-state index in [9.17, 15) is 13.2 Å². The van der Waals surface area contributed by atoms with Crippen LogP contribution in [0.4, 0.5) is 0 Å². The molecular formula is C22H26N2O5S3. The molecule has 172 valence electrons. The highest BCUT2D eigenvalue weighted by Crippen LogP contribution is 2.33. The normalized spacial score (nSPS) is 12.3. The van der Waals surface area contributed by atoms with Gasteiger partial charge in [-0.2, -0.15) is 16.8 Å². The van der Waals surface area contributed by atoms with Crippen LogP contribution in [-0.4, -0.2) is 50.9 Å². The van der Waals surface area contributed by atoms with Gasteiger partial charge in [-0.1, -0.05) is 41.7 Å². The maximum absolute atomic E-state index is 12.6. The Morgan fingerprint density at radius 2 is 1.81 bits per heavy atom. The number of aromatic nitrogens is 1. The van der Waals surface area contributed by atoms with E-state index in [2.05, 4.69) is 4.99 Å². The summed E-state index contributed by atoms with van der Waals surface area (Å²) in [5, 5.41) is 0. The lowest BCUT2D eigenvalue weighted by Gasteiger charge is -2.09. The molecule has 0 atom stereocenters. The Kier molecular flexibility index (Phi) is 8.38. The standard InChI is InChI=1S/C22H26N2O5S3/c1-28-18-13-17-20(14-19(18)29-2)31-22(24(17)10-11-30-3)23-21(25)9-12-32(26,27)15-16-7-5-4-6-8-16/h4-8,13-14H,9-12,15H2,1-3H3. The Labute approximate surface area is 196 Å². The number of hydrogen-bond donors (Lipinski definition) is 0. The zero-order valence-corrected chi connectivity index (χ0v) is 20.7. The van der Waals surface area contributed by atoms with Crippen molar-refractivity contribution < 1.29 is 22.7 Å². The van der Waals surface area contributed by atoms with Crippen LogP contribution in [0, 0.1) is 0 Å². The minimum atomic E-state index is -3.41. The molecule has 0 radical (unpaired) electrons. The van der Waals surface area contributed by atoms with E-state index >= 15 is 0 Å². The molecule has 0 unspecified atom stereocenters. The lowest BCUT2D eigenvalue weighted by atomic mass is 10.2. The average molecular weight is 495 g/mol. The summed E-state index contributed by atoms with van der Waals surface area (Å²) in [7, 11) is -0.260. The van der Waals surface area contributed by atoms with Crippen LogP contribution in [0.15, 0.2) is 47.5 Å². The number of amides is 1. The summed E-state index contributed by atoms with van der Waals surface area (Å²) < 4.78 is 38.5. The van der Waals surface area contributed by atoms with Crippen LogP contribution in [0.2, 0.25) is 0 Å². The number of ether oxygens (including phenoxy) is 2. The van der Waals surface area contributed by atoms with Crippen LogP contribution in [0.5, 0.6) is 11.5 Å². The molecule has 0 N–H and O–H groups in total. The number of methoxy groups -OCH3 is 2. The van der Waals surface area contributed by atoms with Crippen LogP contribution >= 0.6 is 23.1 Å². The first-order valence-electron chi connectivity index (χ1n) is 9.93. The van der Waals surface area contributed by atoms with Gasteiger partial charge in [0.2, 0.25) is 5.91 Å². The molecule has 32 heavy (non-hydrogen) atoms. The molecule has 0 aliphatic carbocycles. The largest absolute Gasteiger partial charge is 0.493 e. The van der Waals surface area contributed by atoms with Crippen molar-refractivity contribution in [2.45, 2.75) is 18.7 Å². The fourth-order valence-corrected chi connectivity index (χ4v) is 5.97. The molecule has 10 heteroatoms. The van der Waals surface area contributed by atoms with Gasteiger partial charge in [-0.05, 0) is 11.8 Å². The molecule has 1 aromatic heterocycles. The number of carbonyl (C=O) groups is 1. The summed E-state index contributed by atoms with van der Waals surface area (Å²) in [5.74, 6) is 1.26. The zero-order chi connectivity index (χ0) is 23.1. The van der Waals surface area contributed by atoms with E-state index in [0.717, 1.165) is 16.0 Å². The molecule has 0 aliphatic rings. The highest BCUT2D eigenvalue weighted by molar-refractivity contribution is 7.98. The monoisotopic (exact) mass is 494 g/mol. The van der Waals surface area contributed by atoms with Gasteiger partial charge in [-0.25, -0.2) is 8.42 Å². The molecule has 0 saturated heterocycles. The SMILES string of the molecule is COc1cc2sc(=NC(=O)CCS(=O)(=O)Cc3ccccc3)n(CCSC)c2cc1OC. The second-order valence-electron chi connectivity index (χ2n) is 7.04. The predicted molar refractivity (Wildman–Crippen MR) is 130 cm³/mol. The smallest absolute Gasteiger partial charge is 0.249 e. The van der Waals surface area contributed by atoms with Gasteiger partial charge < -0.3 is 14.0 Å². The van der Waals surface area contributed by atoms with Crippen molar-refractivity contribution in [1.82, 2.24) is 4.57 Å². The Bertz CT molecular complexity index is 1250. The molecule has 2 aromatic carbocycles. The summed E-state index contributed by atoms with van der Waals surface area (Å²) >= 11 is 3.06. The van der Waals surface area contributed by atoms with Crippen molar-refractivity contribution in [2.75, 3.05) is 32.0 Å². The third-order valence-electron chi connectivity index (χ3n) is 4.78. The lowest BCUT2D eigenvalue weighted by molar-refractivity contribution is -0.117. The van der Waals surface area contributed by atoms with Gasteiger partial charge in [0.25, 0.3) is 0 Å². The van der Waals surface area contributed by atoms with Gasteiger partial charge in [0.15, 0.2) is 26.1 Å². The van der Waals surface area contributed by atoms with E-state index in [0.29, 0.717) is 28.4 Å². The van der Waals surface area contributed by atoms with Gasteiger partial charge in [-0.15, -0.1) is 0 Å². The first kappa shape index (κ1) is 24.3. The van der Waals surface area contributed by atoms with Crippen molar-refractivity contribution in [1.29, 1.82) is 0 Å². The molecule has 0 spiro atoms. The number of fused-ring (bicyclic) bond motifs is 1. The summed E-state index contributed by atoms with van der Waals surface area (Å²) in [6.45, 7) is 0.662. The van der Waals surface area contributed by atoms with Crippen LogP contribution in [0.1, 0.15) is 12.0 Å². The van der Waals surface area contributed by atoms with Crippen LogP contribution < -0.4 is 14.3 Å². The number of thiazole rings is 1. The fourth-order valence-electron chi connectivity index (χ4n) is 3.19.